The molecule has 4 heterocycles. The molecule has 0 amide bonds. The fourth-order valence-electron chi connectivity index (χ4n) is 4.02. The van der Waals surface area contributed by atoms with Crippen LogP contribution in [0.2, 0.25) is 0 Å². The van der Waals surface area contributed by atoms with Crippen molar-refractivity contribution in [3.05, 3.63) is 65.1 Å². The van der Waals surface area contributed by atoms with Crippen LogP contribution >= 0.6 is 0 Å². The lowest BCUT2D eigenvalue weighted by molar-refractivity contribution is 0.239. The van der Waals surface area contributed by atoms with Crippen molar-refractivity contribution in [1.82, 2.24) is 19.9 Å². The van der Waals surface area contributed by atoms with Crippen molar-refractivity contribution in [3.8, 4) is 11.5 Å². The maximum absolute atomic E-state index is 5.92. The summed E-state index contributed by atoms with van der Waals surface area (Å²) in [7, 11) is 0. The Hall–Kier alpha value is -2.86. The highest BCUT2D eigenvalue weighted by molar-refractivity contribution is 5.97. The van der Waals surface area contributed by atoms with Gasteiger partial charge in [-0.25, -0.2) is 15.0 Å². The molecule has 0 saturated heterocycles. The van der Waals surface area contributed by atoms with Crippen LogP contribution < -0.4 is 0 Å². The van der Waals surface area contributed by atoms with Crippen molar-refractivity contribution >= 4 is 5.71 Å². The summed E-state index contributed by atoms with van der Waals surface area (Å²) in [4.78, 5) is 21.2. The quantitative estimate of drug-likeness (QED) is 0.678. The lowest BCUT2D eigenvalue weighted by Crippen LogP contribution is -2.31. The van der Waals surface area contributed by atoms with Gasteiger partial charge in [-0.2, -0.15) is 0 Å². The highest BCUT2D eigenvalue weighted by Crippen LogP contribution is 2.24. The molecule has 0 N–H and O–H groups in total. The standard InChI is InChI=1S/C23H25N5O/c1-16-21(27-23(29-16)17-7-3-2-4-8-17)15-28-12-10-19-18(14-28)13-25-22(26-19)20-9-5-6-11-24-20/h2-4,7-8,13H,5-6,9-12,14-15H2,1H3. The third-order valence-electron chi connectivity index (χ3n) is 5.68. The molecule has 5 rings (SSSR count). The molecule has 29 heavy (non-hydrogen) atoms. The first-order valence-corrected chi connectivity index (χ1v) is 10.4. The number of aromatic nitrogens is 3. The smallest absolute Gasteiger partial charge is 0.226 e. The van der Waals surface area contributed by atoms with Gasteiger partial charge in [0.15, 0.2) is 5.82 Å². The van der Waals surface area contributed by atoms with Crippen molar-refractivity contribution in [2.75, 3.05) is 13.1 Å². The Kier molecular flexibility index (Phi) is 4.94. The van der Waals surface area contributed by atoms with E-state index in [4.69, 9.17) is 14.4 Å². The summed E-state index contributed by atoms with van der Waals surface area (Å²) >= 11 is 0. The van der Waals surface area contributed by atoms with Crippen molar-refractivity contribution in [3.63, 3.8) is 0 Å². The molecule has 1 aromatic carbocycles. The van der Waals surface area contributed by atoms with Gasteiger partial charge in [-0.1, -0.05) is 18.2 Å². The van der Waals surface area contributed by atoms with E-state index in [0.29, 0.717) is 5.89 Å². The van der Waals surface area contributed by atoms with Gasteiger partial charge in [0.05, 0.1) is 17.1 Å². The normalized spacial score (nSPS) is 17.1. The summed E-state index contributed by atoms with van der Waals surface area (Å²) in [5.41, 5.74) is 5.47. The topological polar surface area (TPSA) is 67.4 Å². The summed E-state index contributed by atoms with van der Waals surface area (Å²) in [5.74, 6) is 2.41. The second kappa shape index (κ2) is 7.87. The number of nitrogens with zero attached hydrogens (tertiary/aromatic N) is 5. The van der Waals surface area contributed by atoms with Gasteiger partial charge in [0.25, 0.3) is 0 Å². The number of aryl methyl sites for hydroxylation is 1. The van der Waals surface area contributed by atoms with E-state index in [1.165, 1.54) is 24.1 Å². The average Bonchev–Trinajstić information content (AvgIpc) is 3.15. The van der Waals surface area contributed by atoms with Gasteiger partial charge in [-0.15, -0.1) is 0 Å². The molecule has 0 saturated carbocycles. The monoisotopic (exact) mass is 387 g/mol. The molecule has 0 fully saturated rings. The molecule has 2 aromatic heterocycles. The Morgan fingerprint density at radius 3 is 2.79 bits per heavy atom. The van der Waals surface area contributed by atoms with Crippen LogP contribution in [0.15, 0.2) is 45.9 Å². The fourth-order valence-corrected chi connectivity index (χ4v) is 4.02. The molecule has 0 radical (unpaired) electrons. The van der Waals surface area contributed by atoms with Gasteiger partial charge in [0.2, 0.25) is 5.89 Å². The van der Waals surface area contributed by atoms with Gasteiger partial charge >= 0.3 is 0 Å². The maximum Gasteiger partial charge on any atom is 0.226 e. The minimum atomic E-state index is 0.691. The lowest BCUT2D eigenvalue weighted by atomic mass is 10.1. The fraction of sp³-hybridized carbons (Fsp3) is 0.391. The SMILES string of the molecule is Cc1oc(-c2ccccc2)nc1CN1CCc2nc(C3=NCCCC3)ncc2C1. The van der Waals surface area contributed by atoms with Gasteiger partial charge in [0.1, 0.15) is 5.76 Å². The summed E-state index contributed by atoms with van der Waals surface area (Å²) in [6.07, 6.45) is 6.29. The molecular weight excluding hydrogens is 362 g/mol. The van der Waals surface area contributed by atoms with E-state index in [1.54, 1.807) is 0 Å². The number of fused-ring (bicyclic) bond motifs is 1. The van der Waals surface area contributed by atoms with Gasteiger partial charge < -0.3 is 4.42 Å². The third kappa shape index (κ3) is 3.85. The highest BCUT2D eigenvalue weighted by Gasteiger charge is 2.22. The molecule has 2 aliphatic heterocycles. The number of hydrogen-bond acceptors (Lipinski definition) is 6. The Bertz CT molecular complexity index is 1040. The Labute approximate surface area is 170 Å². The Morgan fingerprint density at radius 2 is 1.97 bits per heavy atom. The van der Waals surface area contributed by atoms with Crippen LogP contribution in [-0.4, -0.2) is 38.7 Å². The first kappa shape index (κ1) is 18.2. The summed E-state index contributed by atoms with van der Waals surface area (Å²) in [6.45, 7) is 5.48. The molecule has 0 bridgehead atoms. The second-order valence-corrected chi connectivity index (χ2v) is 7.80. The zero-order valence-corrected chi connectivity index (χ0v) is 16.8. The van der Waals surface area contributed by atoms with E-state index < -0.39 is 0 Å². The van der Waals surface area contributed by atoms with E-state index in [-0.39, 0.29) is 0 Å². The minimum absolute atomic E-state index is 0.691. The van der Waals surface area contributed by atoms with Crippen LogP contribution in [0.3, 0.4) is 0 Å². The maximum atomic E-state index is 5.92. The molecule has 6 nitrogen and oxygen atoms in total. The predicted octanol–water partition coefficient (Wildman–Crippen LogP) is 3.97. The number of oxazole rings is 1. The second-order valence-electron chi connectivity index (χ2n) is 7.80. The predicted molar refractivity (Wildman–Crippen MR) is 112 cm³/mol. The van der Waals surface area contributed by atoms with Crippen molar-refractivity contribution in [1.29, 1.82) is 0 Å². The molecule has 148 valence electrons. The molecule has 2 aliphatic rings. The van der Waals surface area contributed by atoms with E-state index in [1.807, 2.05) is 43.5 Å². The van der Waals surface area contributed by atoms with Crippen LogP contribution in [0.4, 0.5) is 0 Å². The Morgan fingerprint density at radius 1 is 1.07 bits per heavy atom. The largest absolute Gasteiger partial charge is 0.441 e. The van der Waals surface area contributed by atoms with Gasteiger partial charge in [-0.3, -0.25) is 9.89 Å². The average molecular weight is 387 g/mol. The Balaban J connectivity index is 1.30. The number of hydrogen-bond donors (Lipinski definition) is 0. The van der Waals surface area contributed by atoms with E-state index in [9.17, 15) is 0 Å². The van der Waals surface area contributed by atoms with Crippen molar-refractivity contribution in [2.24, 2.45) is 4.99 Å². The third-order valence-corrected chi connectivity index (χ3v) is 5.68. The zero-order valence-electron chi connectivity index (χ0n) is 16.8. The van der Waals surface area contributed by atoms with Crippen molar-refractivity contribution in [2.45, 2.75) is 45.7 Å². The zero-order chi connectivity index (χ0) is 19.6. The molecule has 0 spiro atoms. The van der Waals surface area contributed by atoms with Crippen LogP contribution in [0.25, 0.3) is 11.5 Å². The van der Waals surface area contributed by atoms with Crippen LogP contribution in [0.5, 0.6) is 0 Å². The molecule has 0 unspecified atom stereocenters. The number of benzene rings is 1. The highest BCUT2D eigenvalue weighted by atomic mass is 16.4. The van der Waals surface area contributed by atoms with Crippen LogP contribution in [-0.2, 0) is 19.5 Å². The molecule has 6 heteroatoms. The van der Waals surface area contributed by atoms with E-state index >= 15 is 0 Å². The molecule has 0 atom stereocenters. The van der Waals surface area contributed by atoms with Gasteiger partial charge in [0, 0.05) is 49.9 Å². The molecule has 3 aromatic rings. The van der Waals surface area contributed by atoms with E-state index in [0.717, 1.165) is 67.6 Å². The lowest BCUT2D eigenvalue weighted by Gasteiger charge is -2.27. The molecule has 0 aliphatic carbocycles. The summed E-state index contributed by atoms with van der Waals surface area (Å²) < 4.78 is 5.92. The molecular formula is C23H25N5O. The van der Waals surface area contributed by atoms with Gasteiger partial charge in [-0.05, 0) is 38.3 Å². The number of aliphatic imine (C=N–C) groups is 1. The van der Waals surface area contributed by atoms with Crippen LogP contribution in [0, 0.1) is 6.92 Å². The number of rotatable bonds is 4. The summed E-state index contributed by atoms with van der Waals surface area (Å²) in [5, 5.41) is 0. The van der Waals surface area contributed by atoms with Crippen molar-refractivity contribution < 1.29 is 4.42 Å². The first-order valence-electron chi connectivity index (χ1n) is 10.4. The minimum Gasteiger partial charge on any atom is -0.441 e. The van der Waals surface area contributed by atoms with E-state index in [2.05, 4.69) is 14.9 Å². The van der Waals surface area contributed by atoms with Crippen LogP contribution in [0.1, 0.15) is 47.8 Å². The summed E-state index contributed by atoms with van der Waals surface area (Å²) in [6, 6.07) is 10.1. The first-order chi connectivity index (χ1) is 14.3.